The van der Waals surface area contributed by atoms with Gasteiger partial charge in [0.05, 0.1) is 6.33 Å². The van der Waals surface area contributed by atoms with E-state index in [0.717, 1.165) is 25.7 Å². The maximum absolute atomic E-state index is 11.2. The highest BCUT2D eigenvalue weighted by molar-refractivity contribution is 6.31. The van der Waals surface area contributed by atoms with Crippen LogP contribution in [-0.4, -0.2) is 22.1 Å². The van der Waals surface area contributed by atoms with Crippen LogP contribution in [-0.2, 0) is 0 Å². The summed E-state index contributed by atoms with van der Waals surface area (Å²) in [6.45, 7) is 0. The average Bonchev–Trinajstić information content (AvgIpc) is 2.28. The van der Waals surface area contributed by atoms with Gasteiger partial charge in [0.1, 0.15) is 6.10 Å². The minimum Gasteiger partial charge on any atom is -0.473 e. The highest BCUT2D eigenvalue weighted by atomic mass is 35.5. The maximum Gasteiger partial charge on any atom is 0.273 e. The van der Waals surface area contributed by atoms with Crippen molar-refractivity contribution >= 4 is 11.6 Å². The summed E-state index contributed by atoms with van der Waals surface area (Å²) in [4.78, 5) is 17.5. The monoisotopic (exact) mass is 243 g/mol. The van der Waals surface area contributed by atoms with Crippen molar-refractivity contribution < 1.29 is 4.74 Å². The van der Waals surface area contributed by atoms with Crippen molar-refractivity contribution in [3.8, 4) is 5.88 Å². The van der Waals surface area contributed by atoms with Gasteiger partial charge in [-0.2, -0.15) is 0 Å². The Kier molecular flexibility index (Phi) is 3.46. The third kappa shape index (κ3) is 2.54. The van der Waals surface area contributed by atoms with E-state index in [4.69, 9.17) is 22.1 Å². The first kappa shape index (κ1) is 11.4. The molecule has 1 aromatic rings. The summed E-state index contributed by atoms with van der Waals surface area (Å²) in [5, 5.41) is 0.0115. The zero-order chi connectivity index (χ0) is 11.5. The predicted molar refractivity (Wildman–Crippen MR) is 60.7 cm³/mol. The van der Waals surface area contributed by atoms with Gasteiger partial charge in [0.25, 0.3) is 5.56 Å². The van der Waals surface area contributed by atoms with Gasteiger partial charge in [-0.15, -0.1) is 0 Å². The summed E-state index contributed by atoms with van der Waals surface area (Å²) in [6.07, 6.45) is 4.99. The van der Waals surface area contributed by atoms with Crippen molar-refractivity contribution in [2.45, 2.75) is 37.8 Å². The molecule has 1 heterocycles. The molecule has 0 saturated heterocycles. The SMILES string of the molecule is NC1CCC(Oc2nc[nH]c(=O)c2Cl)CC1. The molecular weight excluding hydrogens is 230 g/mol. The molecule has 6 heteroatoms. The van der Waals surface area contributed by atoms with E-state index >= 15 is 0 Å². The number of H-pyrrole nitrogens is 1. The van der Waals surface area contributed by atoms with Crippen LogP contribution < -0.4 is 16.0 Å². The van der Waals surface area contributed by atoms with Gasteiger partial charge in [-0.3, -0.25) is 4.79 Å². The number of nitrogens with zero attached hydrogens (tertiary/aromatic N) is 1. The first-order chi connectivity index (χ1) is 7.66. The molecule has 0 aliphatic heterocycles. The molecule has 0 spiro atoms. The Hall–Kier alpha value is -1.07. The minimum absolute atomic E-state index is 0.0115. The van der Waals surface area contributed by atoms with Gasteiger partial charge in [-0.05, 0) is 25.7 Å². The number of hydrogen-bond acceptors (Lipinski definition) is 4. The van der Waals surface area contributed by atoms with E-state index < -0.39 is 0 Å². The lowest BCUT2D eigenvalue weighted by Gasteiger charge is -2.26. The highest BCUT2D eigenvalue weighted by Gasteiger charge is 2.21. The van der Waals surface area contributed by atoms with Crippen molar-refractivity contribution in [2.75, 3.05) is 0 Å². The summed E-state index contributed by atoms with van der Waals surface area (Å²) >= 11 is 5.79. The number of nitrogens with two attached hydrogens (primary N) is 1. The van der Waals surface area contributed by atoms with Gasteiger partial charge in [0, 0.05) is 6.04 Å². The molecule has 2 rings (SSSR count). The lowest BCUT2D eigenvalue weighted by Crippen LogP contribution is -2.32. The zero-order valence-electron chi connectivity index (χ0n) is 8.78. The molecule has 0 bridgehead atoms. The van der Waals surface area contributed by atoms with Crippen LogP contribution in [0, 0.1) is 0 Å². The van der Waals surface area contributed by atoms with Crippen LogP contribution in [0.15, 0.2) is 11.1 Å². The number of nitrogens with one attached hydrogen (secondary N) is 1. The largest absolute Gasteiger partial charge is 0.473 e. The standard InChI is InChI=1S/C10H14ClN3O2/c11-8-9(15)13-5-14-10(8)16-7-3-1-6(12)2-4-7/h5-7H,1-4,12H2,(H,13,14,15). The van der Waals surface area contributed by atoms with Crippen molar-refractivity contribution in [1.82, 2.24) is 9.97 Å². The Labute approximate surface area is 98.0 Å². The summed E-state index contributed by atoms with van der Waals surface area (Å²) in [7, 11) is 0. The Morgan fingerprint density at radius 3 is 2.81 bits per heavy atom. The number of ether oxygens (including phenoxy) is 1. The summed E-state index contributed by atoms with van der Waals surface area (Å²) < 4.78 is 5.60. The third-order valence-corrected chi connectivity index (χ3v) is 3.10. The molecule has 0 amide bonds. The topological polar surface area (TPSA) is 81.0 Å². The van der Waals surface area contributed by atoms with E-state index in [-0.39, 0.29) is 28.6 Å². The Balaban J connectivity index is 2.04. The van der Waals surface area contributed by atoms with Crippen LogP contribution in [0.3, 0.4) is 0 Å². The quantitative estimate of drug-likeness (QED) is 0.814. The molecule has 88 valence electrons. The molecule has 1 fully saturated rings. The van der Waals surface area contributed by atoms with Crippen molar-refractivity contribution in [3.63, 3.8) is 0 Å². The zero-order valence-corrected chi connectivity index (χ0v) is 9.54. The van der Waals surface area contributed by atoms with Gasteiger partial charge < -0.3 is 15.5 Å². The number of aromatic nitrogens is 2. The predicted octanol–water partition coefficient (Wildman–Crippen LogP) is 1.07. The van der Waals surface area contributed by atoms with E-state index in [1.54, 1.807) is 0 Å². The van der Waals surface area contributed by atoms with Crippen molar-refractivity contribution in [1.29, 1.82) is 0 Å². The van der Waals surface area contributed by atoms with Gasteiger partial charge in [0.2, 0.25) is 5.88 Å². The third-order valence-electron chi connectivity index (χ3n) is 2.76. The van der Waals surface area contributed by atoms with Crippen LogP contribution in [0.25, 0.3) is 0 Å². The molecule has 1 saturated carbocycles. The molecule has 1 aliphatic rings. The normalized spacial score (nSPS) is 25.4. The van der Waals surface area contributed by atoms with E-state index in [1.807, 2.05) is 0 Å². The van der Waals surface area contributed by atoms with Crippen LogP contribution in [0.4, 0.5) is 0 Å². The smallest absolute Gasteiger partial charge is 0.273 e. The first-order valence-corrected chi connectivity index (χ1v) is 5.70. The van der Waals surface area contributed by atoms with Gasteiger partial charge in [-0.1, -0.05) is 11.6 Å². The second kappa shape index (κ2) is 4.84. The minimum atomic E-state index is -0.376. The lowest BCUT2D eigenvalue weighted by molar-refractivity contribution is 0.141. The van der Waals surface area contributed by atoms with Crippen molar-refractivity contribution in [3.05, 3.63) is 21.7 Å². The number of rotatable bonds is 2. The van der Waals surface area contributed by atoms with E-state index in [9.17, 15) is 4.79 Å². The van der Waals surface area contributed by atoms with E-state index in [2.05, 4.69) is 9.97 Å². The molecule has 1 aromatic heterocycles. The second-order valence-electron chi connectivity index (χ2n) is 4.01. The Morgan fingerprint density at radius 2 is 2.12 bits per heavy atom. The second-order valence-corrected chi connectivity index (χ2v) is 4.38. The number of halogens is 1. The molecular formula is C10H14ClN3O2. The molecule has 5 nitrogen and oxygen atoms in total. The van der Waals surface area contributed by atoms with Crippen LogP contribution in [0.1, 0.15) is 25.7 Å². The summed E-state index contributed by atoms with van der Waals surface area (Å²) in [5.41, 5.74) is 5.42. The molecule has 0 atom stereocenters. The van der Waals surface area contributed by atoms with Crippen molar-refractivity contribution in [2.24, 2.45) is 5.73 Å². The fourth-order valence-electron chi connectivity index (χ4n) is 1.81. The molecule has 16 heavy (non-hydrogen) atoms. The van der Waals surface area contributed by atoms with E-state index in [0.29, 0.717) is 0 Å². The lowest BCUT2D eigenvalue weighted by atomic mass is 9.94. The highest BCUT2D eigenvalue weighted by Crippen LogP contribution is 2.24. The Morgan fingerprint density at radius 1 is 1.44 bits per heavy atom. The van der Waals surface area contributed by atoms with Gasteiger partial charge in [0.15, 0.2) is 5.02 Å². The van der Waals surface area contributed by atoms with E-state index in [1.165, 1.54) is 6.33 Å². The molecule has 0 aromatic carbocycles. The Bertz CT molecular complexity index is 413. The van der Waals surface area contributed by atoms with Crippen LogP contribution >= 0.6 is 11.6 Å². The van der Waals surface area contributed by atoms with Crippen LogP contribution in [0.5, 0.6) is 5.88 Å². The average molecular weight is 244 g/mol. The fourth-order valence-corrected chi connectivity index (χ4v) is 1.96. The molecule has 0 unspecified atom stereocenters. The van der Waals surface area contributed by atoms with Gasteiger partial charge >= 0.3 is 0 Å². The van der Waals surface area contributed by atoms with Crippen LogP contribution in [0.2, 0.25) is 5.02 Å². The number of aromatic amines is 1. The molecule has 0 radical (unpaired) electrons. The summed E-state index contributed by atoms with van der Waals surface area (Å²) in [5.74, 6) is 0.214. The number of hydrogen-bond donors (Lipinski definition) is 2. The maximum atomic E-state index is 11.2. The van der Waals surface area contributed by atoms with Gasteiger partial charge in [-0.25, -0.2) is 4.98 Å². The summed E-state index contributed by atoms with van der Waals surface area (Å²) in [6, 6.07) is 0.266. The molecule has 1 aliphatic carbocycles. The first-order valence-electron chi connectivity index (χ1n) is 5.32. The molecule has 3 N–H and O–H groups in total. The fraction of sp³-hybridized carbons (Fsp3) is 0.600.